The van der Waals surface area contributed by atoms with Crippen molar-refractivity contribution in [1.82, 2.24) is 9.97 Å². The SMILES string of the molecule is CC1CCCC(c2nc(=S)cc(C3CCCC3)[nH]2)C1. The first-order chi connectivity index (χ1) is 9.22. The molecular weight excluding hydrogens is 252 g/mol. The van der Waals surface area contributed by atoms with Crippen molar-refractivity contribution < 1.29 is 0 Å². The molecule has 1 heterocycles. The molecule has 2 saturated carbocycles. The molecule has 19 heavy (non-hydrogen) atoms. The van der Waals surface area contributed by atoms with Gasteiger partial charge in [0.15, 0.2) is 0 Å². The van der Waals surface area contributed by atoms with Crippen molar-refractivity contribution in [2.24, 2.45) is 5.92 Å². The number of aromatic amines is 1. The minimum Gasteiger partial charge on any atom is -0.347 e. The summed E-state index contributed by atoms with van der Waals surface area (Å²) in [6.45, 7) is 2.36. The molecule has 0 bridgehead atoms. The summed E-state index contributed by atoms with van der Waals surface area (Å²) in [5.41, 5.74) is 1.35. The Balaban J connectivity index is 1.86. The Morgan fingerprint density at radius 2 is 1.84 bits per heavy atom. The highest BCUT2D eigenvalue weighted by Gasteiger charge is 2.24. The number of aromatic nitrogens is 2. The Kier molecular flexibility index (Phi) is 4.01. The molecule has 0 radical (unpaired) electrons. The van der Waals surface area contributed by atoms with Gasteiger partial charge in [-0.25, -0.2) is 4.98 Å². The van der Waals surface area contributed by atoms with Crippen LogP contribution in [-0.4, -0.2) is 9.97 Å². The van der Waals surface area contributed by atoms with Gasteiger partial charge in [0, 0.05) is 11.6 Å². The maximum atomic E-state index is 5.39. The molecule has 0 saturated heterocycles. The fraction of sp³-hybridized carbons (Fsp3) is 0.750. The molecule has 2 fully saturated rings. The predicted molar refractivity (Wildman–Crippen MR) is 81.0 cm³/mol. The van der Waals surface area contributed by atoms with Crippen LogP contribution in [-0.2, 0) is 0 Å². The maximum Gasteiger partial charge on any atom is 0.130 e. The van der Waals surface area contributed by atoms with Crippen molar-refractivity contribution in [3.05, 3.63) is 22.2 Å². The molecule has 1 aromatic heterocycles. The fourth-order valence-corrected chi connectivity index (χ4v) is 4.05. The molecule has 2 nitrogen and oxygen atoms in total. The van der Waals surface area contributed by atoms with E-state index in [0.717, 1.165) is 10.6 Å². The number of nitrogens with one attached hydrogen (secondary N) is 1. The molecule has 0 aromatic carbocycles. The van der Waals surface area contributed by atoms with Crippen LogP contribution in [0.1, 0.15) is 81.6 Å². The van der Waals surface area contributed by atoms with Crippen molar-refractivity contribution in [1.29, 1.82) is 0 Å². The Hall–Kier alpha value is -0.700. The second-order valence-electron chi connectivity index (χ2n) is 6.51. The number of rotatable bonds is 2. The van der Waals surface area contributed by atoms with Crippen LogP contribution in [0, 0.1) is 10.6 Å². The van der Waals surface area contributed by atoms with Gasteiger partial charge in [0.25, 0.3) is 0 Å². The highest BCUT2D eigenvalue weighted by Crippen LogP contribution is 2.36. The van der Waals surface area contributed by atoms with Gasteiger partial charge in [-0.1, -0.05) is 44.8 Å². The number of nitrogens with zero attached hydrogens (tertiary/aromatic N) is 1. The predicted octanol–water partition coefficient (Wildman–Crippen LogP) is 5.09. The van der Waals surface area contributed by atoms with Gasteiger partial charge in [0.1, 0.15) is 10.5 Å². The van der Waals surface area contributed by atoms with E-state index in [9.17, 15) is 0 Å². The number of hydrogen-bond acceptors (Lipinski definition) is 2. The van der Waals surface area contributed by atoms with Gasteiger partial charge in [-0.3, -0.25) is 0 Å². The Labute approximate surface area is 121 Å². The average molecular weight is 276 g/mol. The summed E-state index contributed by atoms with van der Waals surface area (Å²) in [6.07, 6.45) is 10.6. The molecule has 0 amide bonds. The monoisotopic (exact) mass is 276 g/mol. The summed E-state index contributed by atoms with van der Waals surface area (Å²) in [4.78, 5) is 8.26. The lowest BCUT2D eigenvalue weighted by molar-refractivity contribution is 0.334. The van der Waals surface area contributed by atoms with Crippen LogP contribution < -0.4 is 0 Å². The maximum absolute atomic E-state index is 5.39. The molecule has 1 aromatic rings. The first kappa shape index (κ1) is 13.3. The average Bonchev–Trinajstić information content (AvgIpc) is 2.92. The standard InChI is InChI=1S/C16H24N2S/c1-11-5-4-8-13(9-11)16-17-14(10-15(19)18-16)12-6-2-3-7-12/h10-13H,2-9H2,1H3,(H,17,18,19). The third-order valence-electron chi connectivity index (χ3n) is 4.90. The molecule has 0 aliphatic heterocycles. The molecular formula is C16H24N2S. The van der Waals surface area contributed by atoms with Crippen LogP contribution in [0.5, 0.6) is 0 Å². The van der Waals surface area contributed by atoms with Gasteiger partial charge in [0.05, 0.1) is 0 Å². The smallest absolute Gasteiger partial charge is 0.130 e. The highest BCUT2D eigenvalue weighted by molar-refractivity contribution is 7.71. The summed E-state index contributed by atoms with van der Waals surface area (Å²) in [7, 11) is 0. The second kappa shape index (κ2) is 5.74. The normalized spacial score (nSPS) is 28.7. The number of hydrogen-bond donors (Lipinski definition) is 1. The summed E-state index contributed by atoms with van der Waals surface area (Å²) >= 11 is 5.39. The summed E-state index contributed by atoms with van der Waals surface area (Å²) in [5, 5.41) is 0. The topological polar surface area (TPSA) is 28.7 Å². The highest BCUT2D eigenvalue weighted by atomic mass is 32.1. The molecule has 2 atom stereocenters. The van der Waals surface area contributed by atoms with E-state index < -0.39 is 0 Å². The third kappa shape index (κ3) is 3.07. The second-order valence-corrected chi connectivity index (χ2v) is 6.93. The largest absolute Gasteiger partial charge is 0.347 e. The molecule has 2 aliphatic rings. The van der Waals surface area contributed by atoms with E-state index in [1.807, 2.05) is 0 Å². The molecule has 0 spiro atoms. The third-order valence-corrected chi connectivity index (χ3v) is 5.11. The van der Waals surface area contributed by atoms with Crippen LogP contribution >= 0.6 is 12.2 Å². The minimum atomic E-state index is 0.604. The molecule has 104 valence electrons. The van der Waals surface area contributed by atoms with Crippen molar-refractivity contribution in [2.75, 3.05) is 0 Å². The zero-order valence-electron chi connectivity index (χ0n) is 11.8. The molecule has 3 heteroatoms. The summed E-state index contributed by atoms with van der Waals surface area (Å²) in [6, 6.07) is 2.10. The Bertz CT molecular complexity index is 488. The van der Waals surface area contributed by atoms with E-state index in [1.54, 1.807) is 0 Å². The number of H-pyrrole nitrogens is 1. The lowest BCUT2D eigenvalue weighted by Crippen LogP contribution is -2.15. The van der Waals surface area contributed by atoms with Gasteiger partial charge in [-0.15, -0.1) is 0 Å². The van der Waals surface area contributed by atoms with E-state index in [2.05, 4.69) is 23.0 Å². The van der Waals surface area contributed by atoms with E-state index in [-0.39, 0.29) is 0 Å². The first-order valence-corrected chi connectivity index (χ1v) is 8.24. The molecule has 1 N–H and O–H groups in total. The van der Waals surface area contributed by atoms with Crippen LogP contribution in [0.3, 0.4) is 0 Å². The molecule has 3 rings (SSSR count). The molecule has 2 unspecified atom stereocenters. The van der Waals surface area contributed by atoms with Crippen LogP contribution in [0.25, 0.3) is 0 Å². The van der Waals surface area contributed by atoms with Gasteiger partial charge in [-0.2, -0.15) is 0 Å². The minimum absolute atomic E-state index is 0.604. The van der Waals surface area contributed by atoms with E-state index in [1.165, 1.54) is 62.9 Å². The van der Waals surface area contributed by atoms with E-state index in [4.69, 9.17) is 12.2 Å². The zero-order chi connectivity index (χ0) is 13.2. The summed E-state index contributed by atoms with van der Waals surface area (Å²) in [5.74, 6) is 3.30. The lowest BCUT2D eigenvalue weighted by Gasteiger charge is -2.26. The van der Waals surface area contributed by atoms with Crippen molar-refractivity contribution in [3.8, 4) is 0 Å². The van der Waals surface area contributed by atoms with Crippen LogP contribution in [0.2, 0.25) is 0 Å². The van der Waals surface area contributed by atoms with Crippen molar-refractivity contribution in [3.63, 3.8) is 0 Å². The van der Waals surface area contributed by atoms with Gasteiger partial charge in [-0.05, 0) is 43.6 Å². The van der Waals surface area contributed by atoms with Crippen molar-refractivity contribution >= 4 is 12.2 Å². The lowest BCUT2D eigenvalue weighted by atomic mass is 9.82. The fourth-order valence-electron chi connectivity index (χ4n) is 3.83. The Morgan fingerprint density at radius 1 is 1.11 bits per heavy atom. The van der Waals surface area contributed by atoms with Crippen LogP contribution in [0.15, 0.2) is 6.07 Å². The van der Waals surface area contributed by atoms with Crippen LogP contribution in [0.4, 0.5) is 0 Å². The quantitative estimate of drug-likeness (QED) is 0.762. The van der Waals surface area contributed by atoms with Gasteiger partial charge < -0.3 is 4.98 Å². The van der Waals surface area contributed by atoms with Gasteiger partial charge >= 0.3 is 0 Å². The Morgan fingerprint density at radius 3 is 2.58 bits per heavy atom. The van der Waals surface area contributed by atoms with E-state index >= 15 is 0 Å². The van der Waals surface area contributed by atoms with Crippen molar-refractivity contribution in [2.45, 2.75) is 70.1 Å². The zero-order valence-corrected chi connectivity index (χ0v) is 12.6. The molecule has 2 aliphatic carbocycles. The first-order valence-electron chi connectivity index (χ1n) is 7.83. The van der Waals surface area contributed by atoms with E-state index in [0.29, 0.717) is 11.8 Å². The summed E-state index contributed by atoms with van der Waals surface area (Å²) < 4.78 is 0.786. The van der Waals surface area contributed by atoms with Gasteiger partial charge in [0.2, 0.25) is 0 Å².